The quantitative estimate of drug-likeness (QED) is 0.0891. The van der Waals surface area contributed by atoms with Crippen LogP contribution in [0.15, 0.2) is 149 Å². The van der Waals surface area contributed by atoms with Crippen LogP contribution >= 0.6 is 27.7 Å². The normalized spacial score (nSPS) is 11.7. The van der Waals surface area contributed by atoms with Crippen LogP contribution < -0.4 is 20.7 Å². The molecular formula is C38H32BrN3O4S. The van der Waals surface area contributed by atoms with Gasteiger partial charge >= 0.3 is 0 Å². The average molecular weight is 707 g/mol. The second kappa shape index (κ2) is 16.4. The molecule has 47 heavy (non-hydrogen) atoms. The van der Waals surface area contributed by atoms with Crippen molar-refractivity contribution in [2.75, 3.05) is 17.2 Å². The van der Waals surface area contributed by atoms with Crippen molar-refractivity contribution in [2.24, 2.45) is 0 Å². The van der Waals surface area contributed by atoms with Gasteiger partial charge in [0, 0.05) is 31.9 Å². The van der Waals surface area contributed by atoms with Crippen LogP contribution in [-0.4, -0.2) is 24.3 Å². The summed E-state index contributed by atoms with van der Waals surface area (Å²) in [6.45, 7) is 2.33. The molecule has 1 unspecified atom stereocenters. The predicted octanol–water partition coefficient (Wildman–Crippen LogP) is 8.73. The van der Waals surface area contributed by atoms with Crippen LogP contribution in [0.3, 0.4) is 0 Å². The van der Waals surface area contributed by atoms with E-state index in [1.165, 1.54) is 11.8 Å². The van der Waals surface area contributed by atoms with Crippen molar-refractivity contribution >= 4 is 62.9 Å². The lowest BCUT2D eigenvalue weighted by Gasteiger charge is -2.18. The molecule has 9 heteroatoms. The first-order valence-corrected chi connectivity index (χ1v) is 16.6. The molecule has 5 aromatic rings. The molecule has 3 amide bonds. The lowest BCUT2D eigenvalue weighted by Crippen LogP contribution is -2.30. The number of halogens is 1. The first kappa shape index (κ1) is 33.2. The van der Waals surface area contributed by atoms with Gasteiger partial charge in [-0.3, -0.25) is 14.4 Å². The van der Waals surface area contributed by atoms with Gasteiger partial charge in [0.25, 0.3) is 11.8 Å². The highest BCUT2D eigenvalue weighted by Gasteiger charge is 2.23. The number of hydrogen-bond acceptors (Lipinski definition) is 5. The molecule has 0 bridgehead atoms. The van der Waals surface area contributed by atoms with Gasteiger partial charge in [-0.2, -0.15) is 0 Å². The number of anilines is 2. The summed E-state index contributed by atoms with van der Waals surface area (Å²) in [6, 6.07) is 40.2. The fourth-order valence-corrected chi connectivity index (χ4v) is 5.87. The molecule has 0 aliphatic carbocycles. The summed E-state index contributed by atoms with van der Waals surface area (Å²) >= 11 is 4.83. The minimum absolute atomic E-state index is 0.0539. The van der Waals surface area contributed by atoms with Gasteiger partial charge < -0.3 is 20.7 Å². The zero-order valence-corrected chi connectivity index (χ0v) is 27.9. The molecule has 0 aliphatic rings. The highest BCUT2D eigenvalue weighted by atomic mass is 79.9. The van der Waals surface area contributed by atoms with Crippen LogP contribution in [0.1, 0.15) is 33.7 Å². The molecule has 1 atom stereocenters. The first-order chi connectivity index (χ1) is 22.9. The minimum Gasteiger partial charge on any atom is -0.493 e. The van der Waals surface area contributed by atoms with Gasteiger partial charge in [0.2, 0.25) is 5.91 Å². The molecule has 236 valence electrons. The molecule has 0 aliphatic heterocycles. The predicted molar refractivity (Wildman–Crippen MR) is 192 cm³/mol. The van der Waals surface area contributed by atoms with Crippen molar-refractivity contribution in [3.05, 3.63) is 160 Å². The summed E-state index contributed by atoms with van der Waals surface area (Å²) in [5.41, 5.74) is 3.20. The molecule has 5 rings (SSSR count). The number of ether oxygens (including phenoxy) is 1. The number of rotatable bonds is 12. The summed E-state index contributed by atoms with van der Waals surface area (Å²) in [4.78, 5) is 40.9. The monoisotopic (exact) mass is 705 g/mol. The topological polar surface area (TPSA) is 96.5 Å². The number of carbonyl (C=O) groups is 3. The Labute approximate surface area is 286 Å². The van der Waals surface area contributed by atoms with Crippen LogP contribution in [0, 0.1) is 0 Å². The summed E-state index contributed by atoms with van der Waals surface area (Å²) < 4.78 is 6.66. The van der Waals surface area contributed by atoms with Crippen molar-refractivity contribution < 1.29 is 19.1 Å². The van der Waals surface area contributed by atoms with Crippen LogP contribution in [0.5, 0.6) is 5.75 Å². The lowest BCUT2D eigenvalue weighted by atomic mass is 10.1. The van der Waals surface area contributed by atoms with E-state index < -0.39 is 17.1 Å². The fraction of sp³-hybridized carbons (Fsp3) is 0.0789. The third-order valence-corrected chi connectivity index (χ3v) is 8.66. The molecule has 0 radical (unpaired) electrons. The molecule has 7 nitrogen and oxygen atoms in total. The number of benzene rings is 5. The van der Waals surface area contributed by atoms with Crippen LogP contribution in [0.25, 0.3) is 6.08 Å². The molecule has 0 fully saturated rings. The van der Waals surface area contributed by atoms with E-state index in [-0.39, 0.29) is 11.6 Å². The van der Waals surface area contributed by atoms with Gasteiger partial charge in [0.05, 0.1) is 6.61 Å². The molecule has 3 N–H and O–H groups in total. The van der Waals surface area contributed by atoms with Crippen molar-refractivity contribution in [1.29, 1.82) is 0 Å². The van der Waals surface area contributed by atoms with Gasteiger partial charge in [-0.05, 0) is 85.3 Å². The first-order valence-electron chi connectivity index (χ1n) is 14.9. The maximum Gasteiger partial charge on any atom is 0.272 e. The number of para-hydroxylation sites is 1. The van der Waals surface area contributed by atoms with E-state index in [0.29, 0.717) is 34.9 Å². The molecule has 0 saturated heterocycles. The summed E-state index contributed by atoms with van der Waals surface area (Å²) in [7, 11) is 0. The van der Waals surface area contributed by atoms with Gasteiger partial charge in [-0.15, -0.1) is 11.8 Å². The number of thioether (sulfide) groups is 1. The zero-order chi connectivity index (χ0) is 33.0. The van der Waals surface area contributed by atoms with E-state index in [1.807, 2.05) is 104 Å². The fourth-order valence-electron chi connectivity index (χ4n) is 4.58. The van der Waals surface area contributed by atoms with E-state index in [1.54, 1.807) is 42.5 Å². The Balaban J connectivity index is 1.34. The lowest BCUT2D eigenvalue weighted by molar-refractivity contribution is -0.116. The summed E-state index contributed by atoms with van der Waals surface area (Å²) in [6.07, 6.45) is 1.60. The third kappa shape index (κ3) is 9.45. The van der Waals surface area contributed by atoms with Gasteiger partial charge in [-0.1, -0.05) is 82.7 Å². The molecule has 0 saturated carbocycles. The maximum atomic E-state index is 13.6. The highest BCUT2D eigenvalue weighted by molar-refractivity contribution is 9.10. The Morgan fingerprint density at radius 2 is 1.34 bits per heavy atom. The van der Waals surface area contributed by atoms with Gasteiger partial charge in [0.1, 0.15) is 16.7 Å². The highest BCUT2D eigenvalue weighted by Crippen LogP contribution is 2.37. The van der Waals surface area contributed by atoms with Crippen LogP contribution in [-0.2, 0) is 9.59 Å². The van der Waals surface area contributed by atoms with Crippen LogP contribution in [0.4, 0.5) is 11.4 Å². The second-order valence-electron chi connectivity index (χ2n) is 10.2. The molecule has 0 spiro atoms. The van der Waals surface area contributed by atoms with Crippen molar-refractivity contribution in [3.8, 4) is 5.75 Å². The number of nitrogens with one attached hydrogen (secondary N) is 3. The molecule has 0 aromatic heterocycles. The summed E-state index contributed by atoms with van der Waals surface area (Å²) in [5, 5.41) is 8.14. The number of amides is 3. The Morgan fingerprint density at radius 3 is 2.02 bits per heavy atom. The zero-order valence-electron chi connectivity index (χ0n) is 25.5. The van der Waals surface area contributed by atoms with Crippen molar-refractivity contribution in [3.63, 3.8) is 0 Å². The second-order valence-corrected chi connectivity index (χ2v) is 12.3. The smallest absolute Gasteiger partial charge is 0.272 e. The Kier molecular flexibility index (Phi) is 11.6. The Bertz CT molecular complexity index is 1850. The molecule has 5 aromatic carbocycles. The van der Waals surface area contributed by atoms with E-state index in [2.05, 4.69) is 31.9 Å². The standard InChI is InChI=1S/C38H32BrN3O4S/c1-2-46-34-16-10-9-15-28(34)25-33(42-36(43)27-13-7-4-8-14-27)37(44)40-31-21-23-32(24-22-31)47-35(26-11-5-3-6-12-26)38(45)41-30-19-17-29(39)18-20-30/h3-25,35H,2H2,1H3,(H,40,44)(H,41,45)(H,42,43)/b33-25-. The van der Waals surface area contributed by atoms with E-state index in [0.717, 1.165) is 14.9 Å². The minimum atomic E-state index is -0.520. The molecular weight excluding hydrogens is 674 g/mol. The number of carbonyl (C=O) groups excluding carboxylic acids is 3. The average Bonchev–Trinajstić information content (AvgIpc) is 3.10. The molecule has 0 heterocycles. The van der Waals surface area contributed by atoms with Crippen molar-refractivity contribution in [2.45, 2.75) is 17.1 Å². The Morgan fingerprint density at radius 1 is 0.745 bits per heavy atom. The SMILES string of the molecule is CCOc1ccccc1/C=C(\NC(=O)c1ccccc1)C(=O)Nc1ccc(SC(C(=O)Nc2ccc(Br)cc2)c2ccccc2)cc1. The Hall–Kier alpha value is -5.12. The number of hydrogen-bond donors (Lipinski definition) is 3. The van der Waals surface area contributed by atoms with Crippen LogP contribution in [0.2, 0.25) is 0 Å². The summed E-state index contributed by atoms with van der Waals surface area (Å²) in [5.74, 6) is -0.483. The van der Waals surface area contributed by atoms with E-state index in [4.69, 9.17) is 4.74 Å². The maximum absolute atomic E-state index is 13.6. The van der Waals surface area contributed by atoms with Crippen molar-refractivity contribution in [1.82, 2.24) is 5.32 Å². The van der Waals surface area contributed by atoms with Gasteiger partial charge in [0.15, 0.2) is 0 Å². The van der Waals surface area contributed by atoms with E-state index >= 15 is 0 Å². The third-order valence-electron chi connectivity index (χ3n) is 6.87. The van der Waals surface area contributed by atoms with E-state index in [9.17, 15) is 14.4 Å². The largest absolute Gasteiger partial charge is 0.493 e. The van der Waals surface area contributed by atoms with Gasteiger partial charge in [-0.25, -0.2) is 0 Å².